The molecule has 0 radical (unpaired) electrons. The molecule has 0 amide bonds. The van der Waals surface area contributed by atoms with Crippen LogP contribution in [0, 0.1) is 0 Å². The van der Waals surface area contributed by atoms with Crippen molar-refractivity contribution in [2.75, 3.05) is 34.8 Å². The van der Waals surface area contributed by atoms with Crippen molar-refractivity contribution in [2.45, 2.75) is 0 Å². The summed E-state index contributed by atoms with van der Waals surface area (Å²) < 4.78 is 5.69. The minimum Gasteiger partial charge on any atom is -0.504 e. The molecule has 0 heterocycles. The molecule has 0 aliphatic heterocycles. The summed E-state index contributed by atoms with van der Waals surface area (Å²) in [6.07, 6.45) is 3.73. The van der Waals surface area contributed by atoms with Gasteiger partial charge in [-0.15, -0.1) is 0 Å². The van der Waals surface area contributed by atoms with Crippen LogP contribution in [0.5, 0.6) is 0 Å². The van der Waals surface area contributed by atoms with Gasteiger partial charge in [0.2, 0.25) is 0 Å². The number of hydrogen-bond donors (Lipinski definition) is 0. The highest BCUT2D eigenvalue weighted by Crippen LogP contribution is 1.88. The molecule has 0 saturated carbocycles. The monoisotopic (exact) mass is 130 g/mol. The average Bonchev–Trinajstić information content (AvgIpc) is 1.63. The van der Waals surface area contributed by atoms with E-state index in [0.717, 1.165) is 11.0 Å². The quantitative estimate of drug-likeness (QED) is 0.406. The molecule has 0 spiro atoms. The Hall–Kier alpha value is -0.500. The smallest absolute Gasteiger partial charge is 0.1000 e. The van der Waals surface area contributed by atoms with E-state index in [0.29, 0.717) is 0 Å². The molecule has 0 N–H and O–H groups in total. The van der Waals surface area contributed by atoms with E-state index in [1.807, 2.05) is 6.08 Å². The maximum atomic E-state index is 4.75. The normalized spacial score (nSPS) is 12.4. The van der Waals surface area contributed by atoms with E-state index < -0.39 is 0 Å². The number of rotatable bonds is 3. The largest absolute Gasteiger partial charge is 0.504 e. The van der Waals surface area contributed by atoms with Crippen molar-refractivity contribution in [2.24, 2.45) is 0 Å². The summed E-state index contributed by atoms with van der Waals surface area (Å²) in [6.45, 7) is 1.01. The van der Waals surface area contributed by atoms with Crippen molar-refractivity contribution in [3.63, 3.8) is 0 Å². The number of quaternary nitrogens is 1. The lowest BCUT2D eigenvalue weighted by Gasteiger charge is -2.21. The molecule has 2 heteroatoms. The number of ether oxygens (including phenoxy) is 1. The second-order valence-electron chi connectivity index (χ2n) is 3.08. The van der Waals surface area contributed by atoms with Crippen molar-refractivity contribution in [3.05, 3.63) is 12.3 Å². The van der Waals surface area contributed by atoms with E-state index in [9.17, 15) is 0 Å². The van der Waals surface area contributed by atoms with Crippen LogP contribution < -0.4 is 0 Å². The van der Waals surface area contributed by atoms with Gasteiger partial charge in [-0.25, -0.2) is 0 Å². The third kappa shape index (κ3) is 7.50. The van der Waals surface area contributed by atoms with Gasteiger partial charge in [0.1, 0.15) is 0 Å². The summed E-state index contributed by atoms with van der Waals surface area (Å²) in [7, 11) is 8.08. The van der Waals surface area contributed by atoms with Crippen molar-refractivity contribution in [1.29, 1.82) is 0 Å². The zero-order valence-electron chi connectivity index (χ0n) is 6.72. The number of methoxy groups -OCH3 is 1. The predicted molar refractivity (Wildman–Crippen MR) is 39.0 cm³/mol. The third-order valence-electron chi connectivity index (χ3n) is 0.885. The molecule has 0 atom stereocenters. The highest BCUT2D eigenvalue weighted by Gasteiger charge is 2.00. The van der Waals surface area contributed by atoms with Crippen molar-refractivity contribution in [1.82, 2.24) is 0 Å². The zero-order valence-corrected chi connectivity index (χ0v) is 6.72. The molecule has 9 heavy (non-hydrogen) atoms. The van der Waals surface area contributed by atoms with Crippen molar-refractivity contribution in [3.8, 4) is 0 Å². The highest BCUT2D eigenvalue weighted by atomic mass is 16.5. The van der Waals surface area contributed by atoms with Gasteiger partial charge in [-0.1, -0.05) is 0 Å². The van der Waals surface area contributed by atoms with Crippen LogP contribution in [0.1, 0.15) is 0 Å². The van der Waals surface area contributed by atoms with Gasteiger partial charge in [-0.3, -0.25) is 0 Å². The lowest BCUT2D eigenvalue weighted by atomic mass is 10.5. The number of likely N-dealkylation sites (N-methyl/N-ethyl adjacent to an activating group) is 1. The first kappa shape index (κ1) is 8.50. The Morgan fingerprint density at radius 1 is 1.33 bits per heavy atom. The van der Waals surface area contributed by atoms with E-state index in [1.165, 1.54) is 0 Å². The van der Waals surface area contributed by atoms with E-state index in [4.69, 9.17) is 4.74 Å². The summed E-state index contributed by atoms with van der Waals surface area (Å²) in [5.74, 6) is 0. The molecule has 0 aliphatic carbocycles. The molecule has 0 unspecified atom stereocenters. The first-order chi connectivity index (χ1) is 4.06. The van der Waals surface area contributed by atoms with Gasteiger partial charge in [0.15, 0.2) is 0 Å². The Labute approximate surface area is 57.3 Å². The van der Waals surface area contributed by atoms with Crippen LogP contribution in [0.25, 0.3) is 0 Å². The lowest BCUT2D eigenvalue weighted by molar-refractivity contribution is -0.864. The zero-order chi connectivity index (χ0) is 7.33. The standard InChI is InChI=1S/C7H16NO/c1-8(2,3)6-5-7-9-4/h5,7H,6H2,1-4H3/q+1/b7-5+. The Kier molecular flexibility index (Phi) is 3.32. The minimum atomic E-state index is 0.944. The van der Waals surface area contributed by atoms with E-state index >= 15 is 0 Å². The van der Waals surface area contributed by atoms with Gasteiger partial charge in [0.25, 0.3) is 0 Å². The molecule has 2 nitrogen and oxygen atoms in total. The van der Waals surface area contributed by atoms with Crippen LogP contribution in [-0.2, 0) is 4.74 Å². The molecule has 0 aromatic heterocycles. The van der Waals surface area contributed by atoms with Gasteiger partial charge < -0.3 is 9.22 Å². The fraction of sp³-hybridized carbons (Fsp3) is 0.714. The Morgan fingerprint density at radius 3 is 2.22 bits per heavy atom. The topological polar surface area (TPSA) is 9.23 Å². The van der Waals surface area contributed by atoms with Crippen LogP contribution in [0.15, 0.2) is 12.3 Å². The molecule has 54 valence electrons. The first-order valence-corrected chi connectivity index (χ1v) is 3.04. The van der Waals surface area contributed by atoms with E-state index in [1.54, 1.807) is 13.4 Å². The fourth-order valence-electron chi connectivity index (χ4n) is 0.455. The number of nitrogens with zero attached hydrogens (tertiary/aromatic N) is 1. The SMILES string of the molecule is CO/C=C/C[N+](C)(C)C. The lowest BCUT2D eigenvalue weighted by Crippen LogP contribution is -2.34. The Bertz CT molecular complexity index is 91.6. The molecule has 0 saturated heterocycles. The summed E-state index contributed by atoms with van der Waals surface area (Å²) in [5.41, 5.74) is 0. The third-order valence-corrected chi connectivity index (χ3v) is 0.885. The van der Waals surface area contributed by atoms with Crippen molar-refractivity contribution >= 4 is 0 Å². The van der Waals surface area contributed by atoms with Gasteiger partial charge in [0.05, 0.1) is 41.1 Å². The summed E-state index contributed by atoms with van der Waals surface area (Å²) in [6, 6.07) is 0. The predicted octanol–water partition coefficient (Wildman–Crippen LogP) is 0.853. The van der Waals surface area contributed by atoms with Crippen LogP contribution in [0.3, 0.4) is 0 Å². The average molecular weight is 130 g/mol. The second-order valence-corrected chi connectivity index (χ2v) is 3.08. The molecule has 0 fully saturated rings. The molecule has 0 aromatic carbocycles. The molecular weight excluding hydrogens is 114 g/mol. The highest BCUT2D eigenvalue weighted by molar-refractivity contribution is 4.71. The maximum absolute atomic E-state index is 4.75. The first-order valence-electron chi connectivity index (χ1n) is 3.04. The van der Waals surface area contributed by atoms with Crippen LogP contribution in [0.2, 0.25) is 0 Å². The number of hydrogen-bond acceptors (Lipinski definition) is 1. The summed E-state index contributed by atoms with van der Waals surface area (Å²) in [5, 5.41) is 0. The van der Waals surface area contributed by atoms with Crippen LogP contribution in [0.4, 0.5) is 0 Å². The molecular formula is C7H16NO+. The molecule has 0 aromatic rings. The second kappa shape index (κ2) is 3.51. The summed E-state index contributed by atoms with van der Waals surface area (Å²) in [4.78, 5) is 0. The van der Waals surface area contributed by atoms with Gasteiger partial charge in [-0.2, -0.15) is 0 Å². The maximum Gasteiger partial charge on any atom is 0.1000 e. The van der Waals surface area contributed by atoms with E-state index in [2.05, 4.69) is 21.1 Å². The van der Waals surface area contributed by atoms with Gasteiger partial charge >= 0.3 is 0 Å². The molecule has 0 rings (SSSR count). The summed E-state index contributed by atoms with van der Waals surface area (Å²) >= 11 is 0. The van der Waals surface area contributed by atoms with Crippen LogP contribution in [-0.4, -0.2) is 39.3 Å². The minimum absolute atomic E-state index is 0.944. The van der Waals surface area contributed by atoms with E-state index in [-0.39, 0.29) is 0 Å². The van der Waals surface area contributed by atoms with Gasteiger partial charge in [-0.05, 0) is 0 Å². The Morgan fingerprint density at radius 2 is 1.89 bits per heavy atom. The van der Waals surface area contributed by atoms with Crippen LogP contribution >= 0.6 is 0 Å². The molecule has 0 aliphatic rings. The Balaban J connectivity index is 3.38. The fourth-order valence-corrected chi connectivity index (χ4v) is 0.455. The van der Waals surface area contributed by atoms with Crippen molar-refractivity contribution < 1.29 is 9.22 Å². The molecule has 0 bridgehead atoms. The van der Waals surface area contributed by atoms with Gasteiger partial charge in [0, 0.05) is 6.08 Å².